The van der Waals surface area contributed by atoms with Crippen molar-refractivity contribution in [3.8, 4) is 0 Å². The first kappa shape index (κ1) is 12.8. The number of aliphatic hydroxyl groups is 1. The van der Waals surface area contributed by atoms with Crippen molar-refractivity contribution in [3.05, 3.63) is 23.5 Å². The molecule has 1 aromatic heterocycles. The molecule has 1 aliphatic carbocycles. The highest BCUT2D eigenvalue weighted by atomic mass is 16.3. The molecule has 0 aromatic carbocycles. The van der Waals surface area contributed by atoms with Gasteiger partial charge in [-0.1, -0.05) is 0 Å². The topological polar surface area (TPSA) is 82.2 Å². The summed E-state index contributed by atoms with van der Waals surface area (Å²) >= 11 is 0. The van der Waals surface area contributed by atoms with Crippen LogP contribution in [0.3, 0.4) is 0 Å². The number of aromatic nitrogens is 1. The summed E-state index contributed by atoms with van der Waals surface area (Å²) in [6, 6.07) is 1.59. The average molecular weight is 250 g/mol. The summed E-state index contributed by atoms with van der Waals surface area (Å²) in [5.74, 6) is 0.204. The maximum absolute atomic E-state index is 12.0. The fourth-order valence-corrected chi connectivity index (χ4v) is 2.04. The number of rotatable bonds is 6. The number of aliphatic hydroxyl groups excluding tert-OH is 1. The van der Waals surface area contributed by atoms with Gasteiger partial charge >= 0.3 is 0 Å². The Morgan fingerprint density at radius 1 is 1.56 bits per heavy atom. The molecule has 1 heterocycles. The van der Waals surface area contributed by atoms with E-state index in [1.807, 2.05) is 0 Å². The zero-order valence-electron chi connectivity index (χ0n) is 10.4. The second-order valence-electron chi connectivity index (χ2n) is 4.79. The summed E-state index contributed by atoms with van der Waals surface area (Å²) in [6.07, 6.45) is 4.33. The molecule has 1 unspecified atom stereocenters. The van der Waals surface area contributed by atoms with Crippen LogP contribution in [0.5, 0.6) is 0 Å². The van der Waals surface area contributed by atoms with Crippen LogP contribution < -0.4 is 5.32 Å². The number of carbonyl (C=O) groups is 2. The van der Waals surface area contributed by atoms with Gasteiger partial charge in [-0.05, 0) is 38.2 Å². The molecule has 0 saturated heterocycles. The van der Waals surface area contributed by atoms with E-state index in [1.165, 1.54) is 13.1 Å². The lowest BCUT2D eigenvalue weighted by molar-refractivity contribution is 0.0919. The first-order chi connectivity index (χ1) is 8.61. The van der Waals surface area contributed by atoms with Crippen molar-refractivity contribution in [2.45, 2.75) is 32.2 Å². The Morgan fingerprint density at radius 2 is 2.28 bits per heavy atom. The Balaban J connectivity index is 1.98. The SMILES string of the molecule is CC(=O)c1c[nH]c(C(=O)NC(CCO)C2CC2)c1. The van der Waals surface area contributed by atoms with Crippen molar-refractivity contribution in [1.29, 1.82) is 0 Å². The molecule has 98 valence electrons. The minimum atomic E-state index is -0.215. The Labute approximate surface area is 106 Å². The first-order valence-electron chi connectivity index (χ1n) is 6.23. The van der Waals surface area contributed by atoms with E-state index >= 15 is 0 Å². The summed E-state index contributed by atoms with van der Waals surface area (Å²) in [5.41, 5.74) is 0.897. The van der Waals surface area contributed by atoms with Crippen molar-refractivity contribution >= 4 is 11.7 Å². The molecule has 0 spiro atoms. The van der Waals surface area contributed by atoms with Gasteiger partial charge in [0, 0.05) is 24.4 Å². The van der Waals surface area contributed by atoms with Gasteiger partial charge in [0.15, 0.2) is 5.78 Å². The molecule has 1 aliphatic rings. The van der Waals surface area contributed by atoms with Gasteiger partial charge < -0.3 is 15.4 Å². The zero-order chi connectivity index (χ0) is 13.1. The average Bonchev–Trinajstić information content (AvgIpc) is 3.04. The molecule has 0 radical (unpaired) electrons. The Kier molecular flexibility index (Phi) is 3.81. The quantitative estimate of drug-likeness (QED) is 0.661. The van der Waals surface area contributed by atoms with Gasteiger partial charge in [-0.25, -0.2) is 0 Å². The lowest BCUT2D eigenvalue weighted by atomic mass is 10.1. The van der Waals surface area contributed by atoms with E-state index in [1.54, 1.807) is 6.07 Å². The molecule has 2 rings (SSSR count). The number of aromatic amines is 1. The van der Waals surface area contributed by atoms with Gasteiger partial charge in [0.1, 0.15) is 5.69 Å². The standard InChI is InChI=1S/C13H18N2O3/c1-8(17)10-6-12(14-7-10)13(18)15-11(4-5-16)9-2-3-9/h6-7,9,11,14,16H,2-5H2,1H3,(H,15,18). The maximum Gasteiger partial charge on any atom is 0.267 e. The third-order valence-corrected chi connectivity index (χ3v) is 3.28. The summed E-state index contributed by atoms with van der Waals surface area (Å²) in [6.45, 7) is 1.54. The van der Waals surface area contributed by atoms with Crippen LogP contribution in [0.15, 0.2) is 12.3 Å². The van der Waals surface area contributed by atoms with Crippen LogP contribution >= 0.6 is 0 Å². The second-order valence-corrected chi connectivity index (χ2v) is 4.79. The molecule has 3 N–H and O–H groups in total. The van der Waals surface area contributed by atoms with Crippen LogP contribution in [0.1, 0.15) is 47.0 Å². The highest BCUT2D eigenvalue weighted by Gasteiger charge is 2.32. The predicted octanol–water partition coefficient (Wildman–Crippen LogP) is 1.11. The number of ketones is 1. The van der Waals surface area contributed by atoms with E-state index in [2.05, 4.69) is 10.3 Å². The van der Waals surface area contributed by atoms with E-state index in [4.69, 9.17) is 5.11 Å². The van der Waals surface area contributed by atoms with Crippen molar-refractivity contribution in [2.24, 2.45) is 5.92 Å². The minimum absolute atomic E-state index is 0.0339. The van der Waals surface area contributed by atoms with Crippen molar-refractivity contribution < 1.29 is 14.7 Å². The summed E-state index contributed by atoms with van der Waals surface area (Å²) < 4.78 is 0. The number of H-pyrrole nitrogens is 1. The predicted molar refractivity (Wildman–Crippen MR) is 66.5 cm³/mol. The zero-order valence-corrected chi connectivity index (χ0v) is 10.4. The second kappa shape index (κ2) is 5.35. The molecular weight excluding hydrogens is 232 g/mol. The molecule has 1 fully saturated rings. The molecule has 18 heavy (non-hydrogen) atoms. The number of amides is 1. The lowest BCUT2D eigenvalue weighted by Crippen LogP contribution is -2.37. The fraction of sp³-hybridized carbons (Fsp3) is 0.538. The monoisotopic (exact) mass is 250 g/mol. The van der Waals surface area contributed by atoms with Crippen molar-refractivity contribution in [2.75, 3.05) is 6.61 Å². The van der Waals surface area contributed by atoms with Crippen LogP contribution in [0.4, 0.5) is 0 Å². The highest BCUT2D eigenvalue weighted by Crippen LogP contribution is 2.34. The Bertz CT molecular complexity index is 449. The molecule has 0 aliphatic heterocycles. The summed E-state index contributed by atoms with van der Waals surface area (Å²) in [4.78, 5) is 25.9. The van der Waals surface area contributed by atoms with Gasteiger partial charge in [-0.15, -0.1) is 0 Å². The van der Waals surface area contributed by atoms with Gasteiger partial charge in [0.25, 0.3) is 5.91 Å². The number of hydrogen-bond acceptors (Lipinski definition) is 3. The van der Waals surface area contributed by atoms with E-state index in [0.717, 1.165) is 12.8 Å². The number of hydrogen-bond donors (Lipinski definition) is 3. The fourth-order valence-electron chi connectivity index (χ4n) is 2.04. The van der Waals surface area contributed by atoms with Crippen LogP contribution in [0.2, 0.25) is 0 Å². The van der Waals surface area contributed by atoms with Crippen molar-refractivity contribution in [3.63, 3.8) is 0 Å². The van der Waals surface area contributed by atoms with Crippen LogP contribution in [-0.4, -0.2) is 34.4 Å². The first-order valence-corrected chi connectivity index (χ1v) is 6.23. The van der Waals surface area contributed by atoms with Gasteiger partial charge in [0.2, 0.25) is 0 Å². The van der Waals surface area contributed by atoms with Crippen LogP contribution in [-0.2, 0) is 0 Å². The lowest BCUT2D eigenvalue weighted by Gasteiger charge is -2.16. The number of nitrogens with one attached hydrogen (secondary N) is 2. The number of carbonyl (C=O) groups excluding carboxylic acids is 2. The van der Waals surface area contributed by atoms with E-state index in [9.17, 15) is 9.59 Å². The molecule has 1 saturated carbocycles. The highest BCUT2D eigenvalue weighted by molar-refractivity contribution is 5.99. The third-order valence-electron chi connectivity index (χ3n) is 3.28. The van der Waals surface area contributed by atoms with Crippen molar-refractivity contribution in [1.82, 2.24) is 10.3 Å². The van der Waals surface area contributed by atoms with Gasteiger partial charge in [-0.2, -0.15) is 0 Å². The normalized spacial score (nSPS) is 16.3. The Morgan fingerprint density at radius 3 is 2.78 bits per heavy atom. The molecular formula is C13H18N2O3. The van der Waals surface area contributed by atoms with E-state index in [0.29, 0.717) is 23.6 Å². The molecule has 0 bridgehead atoms. The van der Waals surface area contributed by atoms with Crippen LogP contribution in [0.25, 0.3) is 0 Å². The smallest absolute Gasteiger partial charge is 0.267 e. The Hall–Kier alpha value is -1.62. The molecule has 5 nitrogen and oxygen atoms in total. The minimum Gasteiger partial charge on any atom is -0.396 e. The molecule has 1 amide bonds. The molecule has 5 heteroatoms. The summed E-state index contributed by atoms with van der Waals surface area (Å²) in [7, 11) is 0. The van der Waals surface area contributed by atoms with E-state index in [-0.39, 0.29) is 24.3 Å². The maximum atomic E-state index is 12.0. The summed E-state index contributed by atoms with van der Waals surface area (Å²) in [5, 5.41) is 11.9. The van der Waals surface area contributed by atoms with Gasteiger partial charge in [-0.3, -0.25) is 9.59 Å². The third kappa shape index (κ3) is 2.98. The largest absolute Gasteiger partial charge is 0.396 e. The molecule has 1 aromatic rings. The van der Waals surface area contributed by atoms with Gasteiger partial charge in [0.05, 0.1) is 0 Å². The van der Waals surface area contributed by atoms with Crippen LogP contribution in [0, 0.1) is 5.92 Å². The van der Waals surface area contributed by atoms with E-state index < -0.39 is 0 Å². The number of Topliss-reactive ketones (excluding diaryl/α,β-unsaturated/α-hetero) is 1. The molecule has 1 atom stereocenters.